The minimum absolute atomic E-state index is 0. The monoisotopic (exact) mass is 342 g/mol. The number of nitrogens with two attached hydrogens (primary N) is 1. The number of amides is 1. The average molecular weight is 343 g/mol. The predicted octanol–water partition coefficient (Wildman–Crippen LogP) is 3.37. The van der Waals surface area contributed by atoms with Gasteiger partial charge < -0.3 is 15.8 Å². The van der Waals surface area contributed by atoms with Gasteiger partial charge in [0.15, 0.2) is 0 Å². The van der Waals surface area contributed by atoms with Gasteiger partial charge in [0.2, 0.25) is 5.91 Å². The van der Waals surface area contributed by atoms with E-state index in [0.717, 1.165) is 29.7 Å². The van der Waals surface area contributed by atoms with Crippen LogP contribution in [0.5, 0.6) is 5.75 Å². The highest BCUT2D eigenvalue weighted by Gasteiger charge is 2.33. The lowest BCUT2D eigenvalue weighted by Crippen LogP contribution is -2.49. The lowest BCUT2D eigenvalue weighted by atomic mass is 9.81. The summed E-state index contributed by atoms with van der Waals surface area (Å²) in [7, 11) is 0. The highest BCUT2D eigenvalue weighted by molar-refractivity contribution is 5.85. The van der Waals surface area contributed by atoms with Gasteiger partial charge >= 0.3 is 0 Å². The zero-order valence-electron chi connectivity index (χ0n) is 14.9. The van der Waals surface area contributed by atoms with E-state index >= 15 is 0 Å². The Hall–Kier alpha value is -1.26. The molecule has 0 aliphatic rings. The van der Waals surface area contributed by atoms with Crippen LogP contribution in [0.3, 0.4) is 0 Å². The van der Waals surface area contributed by atoms with Crippen molar-refractivity contribution < 1.29 is 9.53 Å². The Morgan fingerprint density at radius 1 is 1.26 bits per heavy atom. The van der Waals surface area contributed by atoms with Crippen LogP contribution in [0.15, 0.2) is 18.2 Å². The summed E-state index contributed by atoms with van der Waals surface area (Å²) >= 11 is 0. The molecule has 1 atom stereocenters. The van der Waals surface area contributed by atoms with Gasteiger partial charge in [0.1, 0.15) is 12.4 Å². The number of hydrogen-bond donors (Lipinski definition) is 2. The molecule has 0 fully saturated rings. The molecule has 0 aliphatic heterocycles. The third-order valence-corrected chi connectivity index (χ3v) is 4.49. The smallest absolute Gasteiger partial charge is 0.227 e. The van der Waals surface area contributed by atoms with Gasteiger partial charge in [-0.25, -0.2) is 0 Å². The van der Waals surface area contributed by atoms with Crippen LogP contribution in [0.4, 0.5) is 0 Å². The molecule has 1 aromatic rings. The van der Waals surface area contributed by atoms with Gasteiger partial charge in [-0.15, -0.1) is 12.4 Å². The van der Waals surface area contributed by atoms with Gasteiger partial charge in [0, 0.05) is 6.54 Å². The summed E-state index contributed by atoms with van der Waals surface area (Å²) in [6, 6.07) is 6.01. The summed E-state index contributed by atoms with van der Waals surface area (Å²) < 4.78 is 5.90. The topological polar surface area (TPSA) is 64.4 Å². The van der Waals surface area contributed by atoms with E-state index in [0.29, 0.717) is 13.2 Å². The van der Waals surface area contributed by atoms with Crippen LogP contribution >= 0.6 is 12.4 Å². The summed E-state index contributed by atoms with van der Waals surface area (Å²) in [5.74, 6) is 0.928. The normalized spacial score (nSPS) is 12.3. The van der Waals surface area contributed by atoms with Crippen molar-refractivity contribution in [3.8, 4) is 5.75 Å². The molecule has 4 nitrogen and oxygen atoms in total. The molecule has 132 valence electrons. The molecule has 23 heavy (non-hydrogen) atoms. The second-order valence-corrected chi connectivity index (χ2v) is 6.10. The van der Waals surface area contributed by atoms with E-state index in [-0.39, 0.29) is 24.4 Å². The van der Waals surface area contributed by atoms with Gasteiger partial charge in [0.25, 0.3) is 0 Å². The summed E-state index contributed by atoms with van der Waals surface area (Å²) in [5, 5.41) is 3.04. The van der Waals surface area contributed by atoms with E-state index in [1.165, 1.54) is 0 Å². The Bertz CT molecular complexity index is 473. The number of carbonyl (C=O) groups is 1. The number of aryl methyl sites for hydroxylation is 2. The van der Waals surface area contributed by atoms with Crippen molar-refractivity contribution in [1.82, 2.24) is 5.32 Å². The fourth-order valence-electron chi connectivity index (χ4n) is 2.61. The Labute approximate surface area is 146 Å². The molecule has 1 amide bonds. The van der Waals surface area contributed by atoms with E-state index in [9.17, 15) is 4.79 Å². The zero-order chi connectivity index (χ0) is 16.8. The molecule has 0 heterocycles. The Morgan fingerprint density at radius 3 is 2.22 bits per heavy atom. The zero-order valence-corrected chi connectivity index (χ0v) is 15.8. The summed E-state index contributed by atoms with van der Waals surface area (Å²) in [6.45, 7) is 10.8. The van der Waals surface area contributed by atoms with Crippen LogP contribution < -0.4 is 15.8 Å². The molecular formula is C18H31ClN2O2. The molecule has 1 rings (SSSR count). The van der Waals surface area contributed by atoms with Crippen molar-refractivity contribution in [1.29, 1.82) is 0 Å². The molecule has 0 aromatic heterocycles. The van der Waals surface area contributed by atoms with E-state index in [1.54, 1.807) is 0 Å². The molecule has 5 heteroatoms. The van der Waals surface area contributed by atoms with E-state index in [1.807, 2.05) is 52.8 Å². The number of nitrogens with one attached hydrogen (secondary N) is 1. The van der Waals surface area contributed by atoms with Gasteiger partial charge in [-0.3, -0.25) is 4.79 Å². The van der Waals surface area contributed by atoms with Crippen LogP contribution in [0.2, 0.25) is 0 Å². The first kappa shape index (κ1) is 21.7. The number of hydrogen-bond acceptors (Lipinski definition) is 3. The molecule has 0 saturated carbocycles. The fraction of sp³-hybridized carbons (Fsp3) is 0.611. The van der Waals surface area contributed by atoms with Crippen molar-refractivity contribution in [2.24, 2.45) is 11.1 Å². The SMILES string of the molecule is CCC(CC)(CN)C(=O)NC(C)COc1c(C)cccc1C.Cl. The van der Waals surface area contributed by atoms with Gasteiger partial charge in [-0.05, 0) is 44.7 Å². The second-order valence-electron chi connectivity index (χ2n) is 6.10. The predicted molar refractivity (Wildman–Crippen MR) is 98.3 cm³/mol. The summed E-state index contributed by atoms with van der Waals surface area (Å²) in [5.41, 5.74) is 7.57. The molecule has 3 N–H and O–H groups in total. The maximum absolute atomic E-state index is 12.5. The number of carbonyl (C=O) groups excluding carboxylic acids is 1. The molecule has 0 bridgehead atoms. The Balaban J connectivity index is 0.00000484. The highest BCUT2D eigenvalue weighted by Crippen LogP contribution is 2.25. The molecule has 1 aromatic carbocycles. The van der Waals surface area contributed by atoms with Crippen molar-refractivity contribution in [3.05, 3.63) is 29.3 Å². The van der Waals surface area contributed by atoms with Crippen molar-refractivity contribution in [3.63, 3.8) is 0 Å². The third kappa shape index (κ3) is 5.40. The van der Waals surface area contributed by atoms with Crippen molar-refractivity contribution >= 4 is 18.3 Å². The minimum Gasteiger partial charge on any atom is -0.491 e. The number of benzene rings is 1. The maximum atomic E-state index is 12.5. The number of halogens is 1. The lowest BCUT2D eigenvalue weighted by Gasteiger charge is -2.30. The Morgan fingerprint density at radius 2 is 1.78 bits per heavy atom. The standard InChI is InChI=1S/C18H30N2O2.ClH/c1-6-18(7-2,12-19)17(21)20-15(5)11-22-16-13(3)9-8-10-14(16)4;/h8-10,15H,6-7,11-12,19H2,1-5H3,(H,20,21);1H. The van der Waals surface area contributed by atoms with Crippen LogP contribution in [0.1, 0.15) is 44.7 Å². The van der Waals surface area contributed by atoms with Gasteiger partial charge in [-0.2, -0.15) is 0 Å². The van der Waals surface area contributed by atoms with Crippen molar-refractivity contribution in [2.75, 3.05) is 13.2 Å². The molecular weight excluding hydrogens is 312 g/mol. The molecule has 0 aliphatic carbocycles. The largest absolute Gasteiger partial charge is 0.491 e. The third-order valence-electron chi connectivity index (χ3n) is 4.49. The first-order valence-electron chi connectivity index (χ1n) is 8.10. The number of ether oxygens (including phenoxy) is 1. The van der Waals surface area contributed by atoms with E-state index in [2.05, 4.69) is 5.32 Å². The molecule has 0 radical (unpaired) electrons. The summed E-state index contributed by atoms with van der Waals surface area (Å²) in [4.78, 5) is 12.5. The van der Waals surface area contributed by atoms with E-state index in [4.69, 9.17) is 10.5 Å². The van der Waals surface area contributed by atoms with Crippen LogP contribution in [-0.2, 0) is 4.79 Å². The Kier molecular flexibility index (Phi) is 9.25. The first-order valence-corrected chi connectivity index (χ1v) is 8.10. The van der Waals surface area contributed by atoms with Crippen LogP contribution in [0, 0.1) is 19.3 Å². The van der Waals surface area contributed by atoms with Crippen LogP contribution in [-0.4, -0.2) is 25.1 Å². The van der Waals surface area contributed by atoms with Crippen molar-refractivity contribution in [2.45, 2.75) is 53.5 Å². The fourth-order valence-corrected chi connectivity index (χ4v) is 2.61. The maximum Gasteiger partial charge on any atom is 0.227 e. The van der Waals surface area contributed by atoms with Gasteiger partial charge in [-0.1, -0.05) is 32.0 Å². The molecule has 0 saturated heterocycles. The second kappa shape index (κ2) is 9.78. The van der Waals surface area contributed by atoms with E-state index < -0.39 is 5.41 Å². The minimum atomic E-state index is -0.465. The number of rotatable bonds is 8. The number of para-hydroxylation sites is 1. The highest BCUT2D eigenvalue weighted by atomic mass is 35.5. The van der Waals surface area contributed by atoms with Crippen LogP contribution in [0.25, 0.3) is 0 Å². The summed E-state index contributed by atoms with van der Waals surface area (Å²) in [6.07, 6.45) is 1.49. The first-order chi connectivity index (χ1) is 10.4. The lowest BCUT2D eigenvalue weighted by molar-refractivity contribution is -0.131. The molecule has 1 unspecified atom stereocenters. The molecule has 0 spiro atoms. The van der Waals surface area contributed by atoms with Gasteiger partial charge in [0.05, 0.1) is 11.5 Å². The average Bonchev–Trinajstić information content (AvgIpc) is 2.49. The quantitative estimate of drug-likeness (QED) is 0.761.